The first-order valence-electron chi connectivity index (χ1n) is 9.32. The minimum atomic E-state index is -0.442. The summed E-state index contributed by atoms with van der Waals surface area (Å²) in [6.45, 7) is 2.39. The predicted octanol–water partition coefficient (Wildman–Crippen LogP) is 5.11. The zero-order chi connectivity index (χ0) is 20.2. The van der Waals surface area contributed by atoms with Crippen molar-refractivity contribution in [1.29, 1.82) is 0 Å². The highest BCUT2D eigenvalue weighted by atomic mass is 16.5. The van der Waals surface area contributed by atoms with Gasteiger partial charge in [-0.1, -0.05) is 42.5 Å². The molecule has 5 nitrogen and oxygen atoms in total. The molecule has 0 atom stereocenters. The van der Waals surface area contributed by atoms with Gasteiger partial charge in [-0.25, -0.2) is 4.79 Å². The maximum Gasteiger partial charge on any atom is 0.344 e. The Morgan fingerprint density at radius 2 is 1.76 bits per heavy atom. The maximum atomic E-state index is 12.8. The van der Waals surface area contributed by atoms with E-state index >= 15 is 0 Å². The number of hydrogen-bond donors (Lipinski definition) is 1. The molecule has 0 saturated heterocycles. The molecule has 3 aromatic carbocycles. The van der Waals surface area contributed by atoms with E-state index in [-0.39, 0.29) is 5.91 Å². The van der Waals surface area contributed by atoms with Gasteiger partial charge in [-0.05, 0) is 48.9 Å². The monoisotopic (exact) mass is 385 g/mol. The minimum absolute atomic E-state index is 0.288. The number of anilines is 1. The van der Waals surface area contributed by atoms with Crippen LogP contribution in [0.4, 0.5) is 5.69 Å². The van der Waals surface area contributed by atoms with E-state index in [1.165, 1.54) is 0 Å². The fourth-order valence-electron chi connectivity index (χ4n) is 3.14. The molecule has 144 valence electrons. The molecular weight excluding hydrogens is 366 g/mol. The molecule has 1 heterocycles. The van der Waals surface area contributed by atoms with Crippen LogP contribution < -0.4 is 15.7 Å². The molecule has 1 aromatic heterocycles. The number of fused-ring (bicyclic) bond motifs is 1. The van der Waals surface area contributed by atoms with E-state index in [1.54, 1.807) is 48.5 Å². The van der Waals surface area contributed by atoms with Crippen LogP contribution in [-0.2, 0) is 0 Å². The number of ether oxygens (including phenoxy) is 1. The molecule has 0 aliphatic carbocycles. The summed E-state index contributed by atoms with van der Waals surface area (Å²) in [4.78, 5) is 25.2. The van der Waals surface area contributed by atoms with E-state index in [0.717, 1.165) is 5.39 Å². The zero-order valence-corrected chi connectivity index (χ0v) is 15.8. The van der Waals surface area contributed by atoms with Crippen molar-refractivity contribution in [2.45, 2.75) is 6.92 Å². The van der Waals surface area contributed by atoms with Crippen LogP contribution in [0.2, 0.25) is 0 Å². The number of amides is 1. The summed E-state index contributed by atoms with van der Waals surface area (Å²) in [7, 11) is 0. The van der Waals surface area contributed by atoms with Gasteiger partial charge in [0.2, 0.25) is 0 Å². The first-order valence-corrected chi connectivity index (χ1v) is 9.32. The van der Waals surface area contributed by atoms with Crippen molar-refractivity contribution in [3.05, 3.63) is 94.8 Å². The van der Waals surface area contributed by atoms with E-state index in [2.05, 4.69) is 5.32 Å². The predicted molar refractivity (Wildman–Crippen MR) is 113 cm³/mol. The van der Waals surface area contributed by atoms with Crippen molar-refractivity contribution in [1.82, 2.24) is 0 Å². The lowest BCUT2D eigenvalue weighted by Gasteiger charge is -2.11. The summed E-state index contributed by atoms with van der Waals surface area (Å²) in [5.41, 5.74) is 2.14. The number of para-hydroxylation sites is 3. The van der Waals surface area contributed by atoms with Gasteiger partial charge in [0.15, 0.2) is 0 Å². The highest BCUT2D eigenvalue weighted by Gasteiger charge is 2.13. The third-order valence-corrected chi connectivity index (χ3v) is 4.51. The Bertz CT molecular complexity index is 1240. The van der Waals surface area contributed by atoms with E-state index in [9.17, 15) is 9.59 Å². The molecule has 4 aromatic rings. The molecule has 4 rings (SSSR count). The van der Waals surface area contributed by atoms with Gasteiger partial charge in [-0.2, -0.15) is 0 Å². The number of nitrogens with one attached hydrogen (secondary N) is 1. The Morgan fingerprint density at radius 3 is 2.62 bits per heavy atom. The average molecular weight is 385 g/mol. The summed E-state index contributed by atoms with van der Waals surface area (Å²) in [6.07, 6.45) is 0. The van der Waals surface area contributed by atoms with Crippen molar-refractivity contribution >= 4 is 22.6 Å². The van der Waals surface area contributed by atoms with Gasteiger partial charge in [0, 0.05) is 10.9 Å². The lowest BCUT2D eigenvalue weighted by Crippen LogP contribution is -2.13. The van der Waals surface area contributed by atoms with Crippen LogP contribution in [-0.4, -0.2) is 12.5 Å². The summed E-state index contributed by atoms with van der Waals surface area (Å²) in [5.74, 6) is 0.318. The Hall–Kier alpha value is -3.86. The van der Waals surface area contributed by atoms with Crippen LogP contribution >= 0.6 is 0 Å². The molecule has 29 heavy (non-hydrogen) atoms. The third-order valence-electron chi connectivity index (χ3n) is 4.51. The first-order chi connectivity index (χ1) is 14.2. The average Bonchev–Trinajstić information content (AvgIpc) is 2.75. The highest BCUT2D eigenvalue weighted by molar-refractivity contribution is 6.05. The van der Waals surface area contributed by atoms with Crippen LogP contribution in [0.25, 0.3) is 22.1 Å². The molecule has 0 aliphatic heterocycles. The second-order valence-corrected chi connectivity index (χ2v) is 6.45. The normalized spacial score (nSPS) is 10.7. The van der Waals surface area contributed by atoms with Gasteiger partial charge in [0.05, 0.1) is 17.9 Å². The van der Waals surface area contributed by atoms with Gasteiger partial charge in [0.25, 0.3) is 5.91 Å². The van der Waals surface area contributed by atoms with Crippen LogP contribution in [0.1, 0.15) is 17.3 Å². The highest BCUT2D eigenvalue weighted by Crippen LogP contribution is 2.26. The van der Waals surface area contributed by atoms with E-state index in [1.807, 2.05) is 37.3 Å². The Labute approximate surface area is 167 Å². The molecule has 0 spiro atoms. The number of carbonyl (C=O) groups excluding carboxylic acids is 1. The van der Waals surface area contributed by atoms with Gasteiger partial charge < -0.3 is 14.5 Å². The van der Waals surface area contributed by atoms with Crippen LogP contribution in [0.5, 0.6) is 5.75 Å². The van der Waals surface area contributed by atoms with E-state index < -0.39 is 5.63 Å². The lowest BCUT2D eigenvalue weighted by atomic mass is 10.0. The standard InChI is InChI=1S/C24H19NO4/c1-2-28-22-13-6-4-11-20(22)25-23(26)18-10-7-9-16(14-18)19-15-17-8-3-5-12-21(17)29-24(19)27/h3-15H,2H2,1H3,(H,25,26). The van der Waals surface area contributed by atoms with Crippen LogP contribution in [0.3, 0.4) is 0 Å². The van der Waals surface area contributed by atoms with Crippen molar-refractivity contribution in [3.8, 4) is 16.9 Å². The van der Waals surface area contributed by atoms with Crippen molar-refractivity contribution in [2.24, 2.45) is 0 Å². The summed E-state index contributed by atoms with van der Waals surface area (Å²) in [5, 5.41) is 3.69. The molecule has 1 N–H and O–H groups in total. The van der Waals surface area contributed by atoms with Crippen molar-refractivity contribution in [3.63, 3.8) is 0 Å². The van der Waals surface area contributed by atoms with E-state index in [4.69, 9.17) is 9.15 Å². The van der Waals surface area contributed by atoms with Crippen LogP contribution in [0, 0.1) is 0 Å². The topological polar surface area (TPSA) is 68.5 Å². The quantitative estimate of drug-likeness (QED) is 0.485. The molecule has 0 unspecified atom stereocenters. The molecule has 0 radical (unpaired) electrons. The smallest absolute Gasteiger partial charge is 0.344 e. The maximum absolute atomic E-state index is 12.8. The number of benzene rings is 3. The zero-order valence-electron chi connectivity index (χ0n) is 15.8. The number of carbonyl (C=O) groups is 1. The summed E-state index contributed by atoms with van der Waals surface area (Å²) in [6, 6.07) is 23.3. The molecule has 0 aliphatic rings. The SMILES string of the molecule is CCOc1ccccc1NC(=O)c1cccc(-c2cc3ccccc3oc2=O)c1. The second-order valence-electron chi connectivity index (χ2n) is 6.45. The Balaban J connectivity index is 1.67. The largest absolute Gasteiger partial charge is 0.492 e. The van der Waals surface area contributed by atoms with Gasteiger partial charge in [-0.3, -0.25) is 4.79 Å². The van der Waals surface area contributed by atoms with E-state index in [0.29, 0.717) is 40.3 Å². The molecule has 0 fully saturated rings. The Morgan fingerprint density at radius 1 is 0.966 bits per heavy atom. The second kappa shape index (κ2) is 8.02. The third kappa shape index (κ3) is 3.89. The molecule has 0 saturated carbocycles. The lowest BCUT2D eigenvalue weighted by molar-refractivity contribution is 0.102. The van der Waals surface area contributed by atoms with Gasteiger partial charge >= 0.3 is 5.63 Å². The summed E-state index contributed by atoms with van der Waals surface area (Å²) < 4.78 is 11.0. The molecule has 1 amide bonds. The van der Waals surface area contributed by atoms with Gasteiger partial charge in [0.1, 0.15) is 11.3 Å². The minimum Gasteiger partial charge on any atom is -0.492 e. The summed E-state index contributed by atoms with van der Waals surface area (Å²) >= 11 is 0. The van der Waals surface area contributed by atoms with Gasteiger partial charge in [-0.15, -0.1) is 0 Å². The molecule has 0 bridgehead atoms. The number of hydrogen-bond acceptors (Lipinski definition) is 4. The van der Waals surface area contributed by atoms with Crippen LogP contribution in [0.15, 0.2) is 88.1 Å². The van der Waals surface area contributed by atoms with Crippen molar-refractivity contribution in [2.75, 3.05) is 11.9 Å². The fourth-order valence-corrected chi connectivity index (χ4v) is 3.14. The van der Waals surface area contributed by atoms with Crippen molar-refractivity contribution < 1.29 is 13.9 Å². The first kappa shape index (κ1) is 18.5. The molecule has 5 heteroatoms. The molecular formula is C24H19NO4. The fraction of sp³-hybridized carbons (Fsp3) is 0.0833. The number of rotatable bonds is 5. The Kier molecular flexibility index (Phi) is 5.12.